The van der Waals surface area contributed by atoms with Crippen molar-refractivity contribution in [1.29, 1.82) is 0 Å². The number of carbonyl (C=O) groups is 1. The van der Waals surface area contributed by atoms with Crippen molar-refractivity contribution < 1.29 is 27.8 Å². The SMILES string of the molecule is O=C(O)c1ccccc1-c1nnc(CCOCC(F)F)o1. The molecule has 2 rings (SSSR count). The van der Waals surface area contributed by atoms with E-state index < -0.39 is 19.0 Å². The highest BCUT2D eigenvalue weighted by molar-refractivity contribution is 5.94. The quantitative estimate of drug-likeness (QED) is 0.789. The van der Waals surface area contributed by atoms with Gasteiger partial charge in [-0.2, -0.15) is 0 Å². The standard InChI is InChI=1S/C13H12F2N2O4/c14-10(15)7-20-6-5-11-16-17-12(21-11)8-3-1-2-4-9(8)13(18)19/h1-4,10H,5-7H2,(H,18,19). The van der Waals surface area contributed by atoms with Crippen LogP contribution in [0.5, 0.6) is 0 Å². The van der Waals surface area contributed by atoms with Crippen molar-refractivity contribution >= 4 is 5.97 Å². The number of hydrogen-bond acceptors (Lipinski definition) is 5. The molecule has 0 spiro atoms. The number of ether oxygens (including phenoxy) is 1. The van der Waals surface area contributed by atoms with Crippen molar-refractivity contribution in [2.75, 3.05) is 13.2 Å². The number of rotatable bonds is 7. The van der Waals surface area contributed by atoms with Crippen molar-refractivity contribution in [1.82, 2.24) is 10.2 Å². The first kappa shape index (κ1) is 15.0. The summed E-state index contributed by atoms with van der Waals surface area (Å²) in [4.78, 5) is 11.1. The number of aromatic nitrogens is 2. The molecular weight excluding hydrogens is 286 g/mol. The van der Waals surface area contributed by atoms with Gasteiger partial charge in [-0.15, -0.1) is 10.2 Å². The molecule has 0 amide bonds. The van der Waals surface area contributed by atoms with Crippen molar-refractivity contribution in [3.8, 4) is 11.5 Å². The Labute approximate surface area is 118 Å². The van der Waals surface area contributed by atoms with Gasteiger partial charge in [0.15, 0.2) is 0 Å². The summed E-state index contributed by atoms with van der Waals surface area (Å²) in [5.74, 6) is -0.845. The molecule has 0 saturated carbocycles. The van der Waals surface area contributed by atoms with Crippen molar-refractivity contribution in [2.24, 2.45) is 0 Å². The van der Waals surface area contributed by atoms with E-state index in [2.05, 4.69) is 10.2 Å². The fourth-order valence-corrected chi connectivity index (χ4v) is 1.65. The number of hydrogen-bond donors (Lipinski definition) is 1. The Morgan fingerprint density at radius 2 is 2.10 bits per heavy atom. The summed E-state index contributed by atoms with van der Waals surface area (Å²) in [7, 11) is 0. The molecule has 8 heteroatoms. The Morgan fingerprint density at radius 3 is 2.81 bits per heavy atom. The molecule has 6 nitrogen and oxygen atoms in total. The minimum absolute atomic E-state index is 0.0204. The first-order valence-electron chi connectivity index (χ1n) is 6.09. The number of carboxylic acids is 1. The van der Waals surface area contributed by atoms with Crippen LogP contribution in [0.25, 0.3) is 11.5 Å². The molecule has 0 bridgehead atoms. The van der Waals surface area contributed by atoms with E-state index in [0.29, 0.717) is 5.56 Å². The van der Waals surface area contributed by atoms with Crippen LogP contribution in [0.1, 0.15) is 16.2 Å². The van der Waals surface area contributed by atoms with Crippen LogP contribution in [0.2, 0.25) is 0 Å². The van der Waals surface area contributed by atoms with E-state index in [0.717, 1.165) is 0 Å². The smallest absolute Gasteiger partial charge is 0.336 e. The zero-order valence-electron chi connectivity index (χ0n) is 10.8. The minimum Gasteiger partial charge on any atom is -0.478 e. The Morgan fingerprint density at radius 1 is 1.33 bits per heavy atom. The predicted molar refractivity (Wildman–Crippen MR) is 67.2 cm³/mol. The number of halogens is 2. The zero-order valence-corrected chi connectivity index (χ0v) is 10.8. The molecule has 0 fully saturated rings. The van der Waals surface area contributed by atoms with Crippen molar-refractivity contribution in [3.63, 3.8) is 0 Å². The molecule has 2 aromatic rings. The summed E-state index contributed by atoms with van der Waals surface area (Å²) in [6, 6.07) is 6.21. The monoisotopic (exact) mass is 298 g/mol. The highest BCUT2D eigenvalue weighted by atomic mass is 19.3. The summed E-state index contributed by atoms with van der Waals surface area (Å²) in [5, 5.41) is 16.6. The molecule has 0 radical (unpaired) electrons. The van der Waals surface area contributed by atoms with Crippen LogP contribution >= 0.6 is 0 Å². The zero-order chi connectivity index (χ0) is 15.2. The van der Waals surface area contributed by atoms with E-state index in [-0.39, 0.29) is 30.4 Å². The number of aromatic carboxylic acids is 1. The molecule has 112 valence electrons. The lowest BCUT2D eigenvalue weighted by Gasteiger charge is -2.01. The summed E-state index contributed by atoms with van der Waals surface area (Å²) < 4.78 is 33.8. The number of nitrogens with zero attached hydrogens (tertiary/aromatic N) is 2. The van der Waals surface area contributed by atoms with Gasteiger partial charge in [0.2, 0.25) is 11.8 Å². The predicted octanol–water partition coefficient (Wildman–Crippen LogP) is 2.26. The topological polar surface area (TPSA) is 85.5 Å². The minimum atomic E-state index is -2.52. The normalized spacial score (nSPS) is 11.0. The van der Waals surface area contributed by atoms with Crippen LogP contribution in [-0.4, -0.2) is 40.9 Å². The summed E-state index contributed by atoms with van der Waals surface area (Å²) in [6.07, 6.45) is -2.35. The van der Waals surface area contributed by atoms with Gasteiger partial charge in [-0.3, -0.25) is 0 Å². The summed E-state index contributed by atoms with van der Waals surface area (Å²) in [6.45, 7) is -0.630. The van der Waals surface area contributed by atoms with Crippen molar-refractivity contribution in [3.05, 3.63) is 35.7 Å². The van der Waals surface area contributed by atoms with Crippen LogP contribution in [0, 0.1) is 0 Å². The Kier molecular flexibility index (Phi) is 4.94. The van der Waals surface area contributed by atoms with Gasteiger partial charge in [-0.05, 0) is 12.1 Å². The van der Waals surface area contributed by atoms with E-state index in [1.54, 1.807) is 18.2 Å². The van der Waals surface area contributed by atoms with Crippen LogP contribution in [0.3, 0.4) is 0 Å². The highest BCUT2D eigenvalue weighted by Crippen LogP contribution is 2.22. The van der Waals surface area contributed by atoms with Gasteiger partial charge < -0.3 is 14.3 Å². The van der Waals surface area contributed by atoms with E-state index in [9.17, 15) is 13.6 Å². The van der Waals surface area contributed by atoms with Gasteiger partial charge in [-0.1, -0.05) is 12.1 Å². The number of benzene rings is 1. The van der Waals surface area contributed by atoms with Gasteiger partial charge in [-0.25, -0.2) is 13.6 Å². The average molecular weight is 298 g/mol. The molecule has 1 heterocycles. The number of carboxylic acid groups (broad SMARTS) is 1. The summed E-state index contributed by atoms with van der Waals surface area (Å²) >= 11 is 0. The van der Waals surface area contributed by atoms with Gasteiger partial charge in [0, 0.05) is 6.42 Å². The molecule has 0 atom stereocenters. The van der Waals surface area contributed by atoms with Gasteiger partial charge in [0.1, 0.15) is 6.61 Å². The van der Waals surface area contributed by atoms with E-state index in [1.165, 1.54) is 6.07 Å². The maximum Gasteiger partial charge on any atom is 0.336 e. The number of alkyl halides is 2. The molecule has 0 aliphatic rings. The third-order valence-corrected chi connectivity index (χ3v) is 2.56. The fraction of sp³-hybridized carbons (Fsp3) is 0.308. The molecule has 0 unspecified atom stereocenters. The maximum atomic E-state index is 11.9. The average Bonchev–Trinajstić information content (AvgIpc) is 2.92. The van der Waals surface area contributed by atoms with Crippen molar-refractivity contribution in [2.45, 2.75) is 12.8 Å². The third-order valence-electron chi connectivity index (χ3n) is 2.56. The Balaban J connectivity index is 2.05. The van der Waals surface area contributed by atoms with Gasteiger partial charge in [0.25, 0.3) is 6.43 Å². The largest absolute Gasteiger partial charge is 0.478 e. The van der Waals surface area contributed by atoms with Crippen LogP contribution in [0.15, 0.2) is 28.7 Å². The van der Waals surface area contributed by atoms with Crippen LogP contribution in [-0.2, 0) is 11.2 Å². The molecule has 1 aromatic heterocycles. The molecular formula is C13H12F2N2O4. The second-order valence-electron chi connectivity index (χ2n) is 4.07. The van der Waals surface area contributed by atoms with Gasteiger partial charge in [0.05, 0.1) is 17.7 Å². The van der Waals surface area contributed by atoms with E-state index >= 15 is 0 Å². The lowest BCUT2D eigenvalue weighted by atomic mass is 10.1. The molecule has 1 aromatic carbocycles. The van der Waals surface area contributed by atoms with E-state index in [4.69, 9.17) is 14.3 Å². The second kappa shape index (κ2) is 6.89. The van der Waals surface area contributed by atoms with Crippen LogP contribution in [0.4, 0.5) is 8.78 Å². The summed E-state index contributed by atoms with van der Waals surface area (Å²) in [5.41, 5.74) is 0.346. The van der Waals surface area contributed by atoms with E-state index in [1.807, 2.05) is 0 Å². The lowest BCUT2D eigenvalue weighted by Crippen LogP contribution is -2.07. The molecule has 0 saturated heterocycles. The maximum absolute atomic E-state index is 11.9. The first-order valence-corrected chi connectivity index (χ1v) is 6.09. The first-order chi connectivity index (χ1) is 10.1. The molecule has 1 N–H and O–H groups in total. The molecule has 0 aliphatic heterocycles. The Bertz CT molecular complexity index is 616. The Hall–Kier alpha value is -2.35. The lowest BCUT2D eigenvalue weighted by molar-refractivity contribution is 0.0174. The highest BCUT2D eigenvalue weighted by Gasteiger charge is 2.16. The van der Waals surface area contributed by atoms with Gasteiger partial charge >= 0.3 is 5.97 Å². The molecule has 21 heavy (non-hydrogen) atoms. The molecule has 0 aliphatic carbocycles. The third kappa shape index (κ3) is 4.06. The van der Waals surface area contributed by atoms with Crippen LogP contribution < -0.4 is 0 Å². The fourth-order valence-electron chi connectivity index (χ4n) is 1.65. The second-order valence-corrected chi connectivity index (χ2v) is 4.07.